The summed E-state index contributed by atoms with van der Waals surface area (Å²) in [4.78, 5) is 20.0. The number of benzene rings is 1. The van der Waals surface area contributed by atoms with E-state index in [0.717, 1.165) is 19.3 Å². The average molecular weight is 505 g/mol. The molecule has 0 radical (unpaired) electrons. The van der Waals surface area contributed by atoms with Gasteiger partial charge in [0.2, 0.25) is 10.0 Å². The highest BCUT2D eigenvalue weighted by atomic mass is 32.2. The maximum atomic E-state index is 13.0. The van der Waals surface area contributed by atoms with Crippen LogP contribution in [0.25, 0.3) is 22.4 Å². The van der Waals surface area contributed by atoms with Crippen LogP contribution >= 0.6 is 0 Å². The van der Waals surface area contributed by atoms with Crippen molar-refractivity contribution < 1.29 is 13.2 Å². The number of nitrogens with two attached hydrogens (primary N) is 1. The van der Waals surface area contributed by atoms with Gasteiger partial charge < -0.3 is 15.5 Å². The molecule has 1 aromatic carbocycles. The maximum Gasteiger partial charge on any atom is 0.279 e. The summed E-state index contributed by atoms with van der Waals surface area (Å²) in [5.74, 6) is 1.06. The number of rotatable bonds is 14. The van der Waals surface area contributed by atoms with E-state index in [0.29, 0.717) is 54.6 Å². The Kier molecular flexibility index (Phi) is 9.41. The molecule has 0 bridgehead atoms. The van der Waals surface area contributed by atoms with Gasteiger partial charge in [-0.3, -0.25) is 9.89 Å². The number of nitrogens with zero attached hydrogens (tertiary/aromatic N) is 2. The van der Waals surface area contributed by atoms with Crippen LogP contribution in [0.1, 0.15) is 58.6 Å². The summed E-state index contributed by atoms with van der Waals surface area (Å²) in [5.41, 5.74) is 6.83. The largest absolute Gasteiger partial charge is 0.493 e. The predicted molar refractivity (Wildman–Crippen MR) is 137 cm³/mol. The first-order valence-corrected chi connectivity index (χ1v) is 13.7. The van der Waals surface area contributed by atoms with Crippen LogP contribution in [0, 0.1) is 5.92 Å². The zero-order valence-electron chi connectivity index (χ0n) is 20.7. The van der Waals surface area contributed by atoms with Crippen LogP contribution in [-0.4, -0.2) is 48.3 Å². The SMILES string of the molecule is CCCCCC(C)CCNS(=O)(=O)c1ccc(OCC)c(-c2nc3c(CCN)[nH]nc3c(=O)[nH]2)c1. The van der Waals surface area contributed by atoms with Crippen LogP contribution in [0.15, 0.2) is 27.9 Å². The van der Waals surface area contributed by atoms with E-state index in [9.17, 15) is 13.2 Å². The standard InChI is InChI=1S/C24H36N6O4S/c1-4-6-7-8-16(3)12-14-26-35(32,33)17-9-10-20(34-5-2)18(15-17)23-27-21-19(11-13-25)29-30-22(21)24(31)28-23/h9-10,15-16,26H,4-8,11-14,25H2,1-3H3,(H,29,30)(H,27,28,31). The molecule has 3 rings (SSSR count). The van der Waals surface area contributed by atoms with Crippen LogP contribution < -0.4 is 20.8 Å². The lowest BCUT2D eigenvalue weighted by atomic mass is 10.0. The average Bonchev–Trinajstić information content (AvgIpc) is 3.23. The minimum atomic E-state index is -3.76. The second-order valence-electron chi connectivity index (χ2n) is 8.73. The summed E-state index contributed by atoms with van der Waals surface area (Å²) < 4.78 is 34.5. The van der Waals surface area contributed by atoms with Gasteiger partial charge in [-0.1, -0.05) is 39.5 Å². The normalized spacial score (nSPS) is 12.8. The summed E-state index contributed by atoms with van der Waals surface area (Å²) in [7, 11) is -3.76. The lowest BCUT2D eigenvalue weighted by Gasteiger charge is -2.14. The molecule has 0 aliphatic rings. The van der Waals surface area contributed by atoms with Gasteiger partial charge in [0.15, 0.2) is 5.52 Å². The number of hydrogen-bond acceptors (Lipinski definition) is 7. The maximum absolute atomic E-state index is 13.0. The van der Waals surface area contributed by atoms with Crippen molar-refractivity contribution in [3.63, 3.8) is 0 Å². The van der Waals surface area contributed by atoms with Crippen LogP contribution in [0.5, 0.6) is 5.75 Å². The lowest BCUT2D eigenvalue weighted by molar-refractivity contribution is 0.341. The minimum Gasteiger partial charge on any atom is -0.493 e. The Hall–Kier alpha value is -2.76. The van der Waals surface area contributed by atoms with E-state index in [1.165, 1.54) is 25.0 Å². The molecule has 0 fully saturated rings. The highest BCUT2D eigenvalue weighted by molar-refractivity contribution is 7.89. The number of ether oxygens (including phenoxy) is 1. The van der Waals surface area contributed by atoms with Crippen LogP contribution in [0.3, 0.4) is 0 Å². The number of aromatic nitrogens is 4. The van der Waals surface area contributed by atoms with Crippen LogP contribution in [-0.2, 0) is 16.4 Å². The Morgan fingerprint density at radius 1 is 1.17 bits per heavy atom. The van der Waals surface area contributed by atoms with Crippen LogP contribution in [0.2, 0.25) is 0 Å². The van der Waals surface area contributed by atoms with Crippen molar-refractivity contribution in [3.05, 3.63) is 34.2 Å². The van der Waals surface area contributed by atoms with Crippen LogP contribution in [0.4, 0.5) is 0 Å². The van der Waals surface area contributed by atoms with E-state index in [1.807, 2.05) is 6.92 Å². The van der Waals surface area contributed by atoms with Gasteiger partial charge in [0, 0.05) is 13.0 Å². The second kappa shape index (κ2) is 12.3. The van der Waals surface area contributed by atoms with Crippen molar-refractivity contribution in [2.75, 3.05) is 19.7 Å². The monoisotopic (exact) mass is 504 g/mol. The minimum absolute atomic E-state index is 0.0757. The Morgan fingerprint density at radius 3 is 2.69 bits per heavy atom. The molecule has 192 valence electrons. The summed E-state index contributed by atoms with van der Waals surface area (Å²) >= 11 is 0. The zero-order chi connectivity index (χ0) is 25.4. The summed E-state index contributed by atoms with van der Waals surface area (Å²) in [6.45, 7) is 7.22. The highest BCUT2D eigenvalue weighted by Crippen LogP contribution is 2.31. The van der Waals surface area contributed by atoms with Gasteiger partial charge in [-0.15, -0.1) is 0 Å². The van der Waals surface area contributed by atoms with Crippen molar-refractivity contribution in [2.24, 2.45) is 11.7 Å². The number of sulfonamides is 1. The molecule has 0 aliphatic heterocycles. The number of H-pyrrole nitrogens is 2. The third-order valence-electron chi connectivity index (χ3n) is 5.92. The van der Waals surface area contributed by atoms with Gasteiger partial charge in [0.05, 0.1) is 22.8 Å². The molecule has 0 amide bonds. The Morgan fingerprint density at radius 2 is 1.97 bits per heavy atom. The predicted octanol–water partition coefficient (Wildman–Crippen LogP) is 3.10. The molecule has 0 spiro atoms. The third-order valence-corrected chi connectivity index (χ3v) is 7.38. The molecular weight excluding hydrogens is 468 g/mol. The first-order chi connectivity index (χ1) is 16.8. The number of nitrogens with one attached hydrogen (secondary N) is 3. The fourth-order valence-electron chi connectivity index (χ4n) is 3.96. The lowest BCUT2D eigenvalue weighted by Crippen LogP contribution is -2.26. The molecule has 1 atom stereocenters. The molecule has 1 unspecified atom stereocenters. The van der Waals surface area contributed by atoms with E-state index in [-0.39, 0.29) is 16.2 Å². The van der Waals surface area contributed by atoms with Gasteiger partial charge in [0.25, 0.3) is 5.56 Å². The number of fused-ring (bicyclic) bond motifs is 1. The summed E-state index contributed by atoms with van der Waals surface area (Å²) in [6, 6.07) is 4.56. The second-order valence-corrected chi connectivity index (χ2v) is 10.5. The van der Waals surface area contributed by atoms with Crippen molar-refractivity contribution in [1.29, 1.82) is 0 Å². The molecule has 2 aromatic heterocycles. The summed E-state index contributed by atoms with van der Waals surface area (Å²) in [5, 5.41) is 6.84. The van der Waals surface area contributed by atoms with Gasteiger partial charge in [-0.05, 0) is 44.0 Å². The zero-order valence-corrected chi connectivity index (χ0v) is 21.5. The van der Waals surface area contributed by atoms with Crippen molar-refractivity contribution in [1.82, 2.24) is 24.9 Å². The number of hydrogen-bond donors (Lipinski definition) is 4. The topological polar surface area (TPSA) is 156 Å². The van der Waals surface area contributed by atoms with E-state index >= 15 is 0 Å². The molecule has 0 aliphatic carbocycles. The number of unbranched alkanes of at least 4 members (excludes halogenated alkanes) is 2. The van der Waals surface area contributed by atoms with Crippen molar-refractivity contribution in [2.45, 2.75) is 64.2 Å². The van der Waals surface area contributed by atoms with Crippen molar-refractivity contribution >= 4 is 21.1 Å². The fraction of sp³-hybridized carbons (Fsp3) is 0.542. The third kappa shape index (κ3) is 6.68. The molecule has 35 heavy (non-hydrogen) atoms. The van der Waals surface area contributed by atoms with E-state index in [2.05, 4.69) is 38.7 Å². The Labute approximate surface area is 206 Å². The van der Waals surface area contributed by atoms with E-state index in [4.69, 9.17) is 10.5 Å². The highest BCUT2D eigenvalue weighted by Gasteiger charge is 2.20. The van der Waals surface area contributed by atoms with Crippen molar-refractivity contribution in [3.8, 4) is 17.1 Å². The smallest absolute Gasteiger partial charge is 0.279 e. The fourth-order valence-corrected chi connectivity index (χ4v) is 5.03. The van der Waals surface area contributed by atoms with E-state index < -0.39 is 15.6 Å². The van der Waals surface area contributed by atoms with Gasteiger partial charge in [-0.25, -0.2) is 18.1 Å². The molecular formula is C24H36N6O4S. The molecule has 0 saturated heterocycles. The van der Waals surface area contributed by atoms with E-state index in [1.54, 1.807) is 6.07 Å². The quantitative estimate of drug-likeness (QED) is 0.246. The molecule has 11 heteroatoms. The molecule has 3 aromatic rings. The molecule has 10 nitrogen and oxygen atoms in total. The van der Waals surface area contributed by atoms with Gasteiger partial charge >= 0.3 is 0 Å². The first-order valence-electron chi connectivity index (χ1n) is 12.2. The molecule has 2 heterocycles. The Bertz CT molecular complexity index is 1280. The first kappa shape index (κ1) is 26.8. The molecule has 0 saturated carbocycles. The Balaban J connectivity index is 1.90. The summed E-state index contributed by atoms with van der Waals surface area (Å²) in [6.07, 6.45) is 5.85. The molecule has 5 N–H and O–H groups in total. The number of aromatic amines is 2. The van der Waals surface area contributed by atoms with Gasteiger partial charge in [-0.2, -0.15) is 5.10 Å². The van der Waals surface area contributed by atoms with Gasteiger partial charge in [0.1, 0.15) is 17.1 Å².